The van der Waals surface area contributed by atoms with E-state index in [1.807, 2.05) is 36.5 Å². The maximum absolute atomic E-state index is 14.9. The summed E-state index contributed by atoms with van der Waals surface area (Å²) >= 11 is 0. The van der Waals surface area contributed by atoms with Gasteiger partial charge in [0.2, 0.25) is 0 Å². The number of ether oxygens (including phenoxy) is 2. The lowest BCUT2D eigenvalue weighted by atomic mass is 9.97. The van der Waals surface area contributed by atoms with E-state index >= 15 is 0 Å². The van der Waals surface area contributed by atoms with Gasteiger partial charge in [0.25, 0.3) is 0 Å². The Bertz CT molecular complexity index is 2160. The molecule has 4 aromatic rings. The summed E-state index contributed by atoms with van der Waals surface area (Å²) in [5, 5.41) is 13.5. The zero-order valence-corrected chi connectivity index (χ0v) is 27.6. The van der Waals surface area contributed by atoms with E-state index in [1.165, 1.54) is 49.3 Å². The van der Waals surface area contributed by atoms with Crippen molar-refractivity contribution in [3.05, 3.63) is 100 Å². The summed E-state index contributed by atoms with van der Waals surface area (Å²) in [6.45, 7) is 3.60. The van der Waals surface area contributed by atoms with Crippen molar-refractivity contribution in [1.82, 2.24) is 30.4 Å². The van der Waals surface area contributed by atoms with Crippen molar-refractivity contribution < 1.29 is 13.9 Å². The van der Waals surface area contributed by atoms with Gasteiger partial charge in [-0.2, -0.15) is 5.10 Å². The fourth-order valence-corrected chi connectivity index (χ4v) is 7.90. The van der Waals surface area contributed by atoms with E-state index in [4.69, 9.17) is 19.6 Å². The number of hydrogen-bond acceptors (Lipinski definition) is 6. The van der Waals surface area contributed by atoms with E-state index < -0.39 is 0 Å². The van der Waals surface area contributed by atoms with Crippen LogP contribution in [-0.2, 0) is 4.74 Å². The minimum Gasteiger partial charge on any atom is -0.492 e. The van der Waals surface area contributed by atoms with Gasteiger partial charge < -0.3 is 19.8 Å². The highest BCUT2D eigenvalue weighted by atomic mass is 19.1. The monoisotopic (exact) mass is 656 g/mol. The van der Waals surface area contributed by atoms with Gasteiger partial charge in [0.15, 0.2) is 5.82 Å². The number of imidazole rings is 1. The van der Waals surface area contributed by atoms with Gasteiger partial charge in [-0.1, -0.05) is 24.6 Å². The Balaban J connectivity index is 0.997. The van der Waals surface area contributed by atoms with E-state index in [-0.39, 0.29) is 5.82 Å². The molecule has 0 spiro atoms. The van der Waals surface area contributed by atoms with Crippen LogP contribution in [0, 0.1) is 11.7 Å². The van der Waals surface area contributed by atoms with E-state index in [0.717, 1.165) is 88.7 Å². The van der Waals surface area contributed by atoms with E-state index in [2.05, 4.69) is 44.7 Å². The van der Waals surface area contributed by atoms with Crippen molar-refractivity contribution in [3.8, 4) is 28.4 Å². The number of likely N-dealkylation sites (tertiary alicyclic amines) is 1. The highest BCUT2D eigenvalue weighted by Gasteiger charge is 2.37. The first-order valence-electron chi connectivity index (χ1n) is 17.8. The molecule has 2 aromatic heterocycles. The number of aromatic amines is 2. The van der Waals surface area contributed by atoms with Gasteiger partial charge in [-0.3, -0.25) is 10.00 Å². The lowest BCUT2D eigenvalue weighted by Crippen LogP contribution is -2.25. The molecule has 0 amide bonds. The quantitative estimate of drug-likeness (QED) is 0.194. The third-order valence-electron chi connectivity index (χ3n) is 10.5. The number of allylic oxidation sites excluding steroid dienone is 5. The van der Waals surface area contributed by atoms with Crippen molar-refractivity contribution in [2.75, 3.05) is 26.2 Å². The van der Waals surface area contributed by atoms with Gasteiger partial charge in [0.1, 0.15) is 29.6 Å². The van der Waals surface area contributed by atoms with Crippen molar-refractivity contribution in [1.29, 1.82) is 0 Å². The van der Waals surface area contributed by atoms with Crippen LogP contribution in [0.4, 0.5) is 4.39 Å². The molecule has 1 unspecified atom stereocenters. The fraction of sp³-hybridized carbons (Fsp3) is 0.350. The Morgan fingerprint density at radius 2 is 1.90 bits per heavy atom. The van der Waals surface area contributed by atoms with Crippen LogP contribution < -0.4 is 20.6 Å². The highest BCUT2D eigenvalue weighted by molar-refractivity contribution is 5.94. The predicted octanol–water partition coefficient (Wildman–Crippen LogP) is 6.36. The summed E-state index contributed by atoms with van der Waals surface area (Å²) < 4.78 is 27.4. The molecule has 49 heavy (non-hydrogen) atoms. The topological polar surface area (TPSA) is 91.1 Å². The normalized spacial score (nSPS) is 20.7. The van der Waals surface area contributed by atoms with Crippen LogP contribution >= 0.6 is 0 Å². The highest BCUT2D eigenvalue weighted by Crippen LogP contribution is 2.48. The largest absolute Gasteiger partial charge is 0.492 e. The third-order valence-corrected chi connectivity index (χ3v) is 10.5. The Hall–Kier alpha value is -4.89. The molecule has 4 heterocycles. The molecule has 9 heteroatoms. The van der Waals surface area contributed by atoms with Crippen LogP contribution in [0.3, 0.4) is 0 Å². The summed E-state index contributed by atoms with van der Waals surface area (Å²) in [6, 6.07) is 10.9. The van der Waals surface area contributed by atoms with Crippen molar-refractivity contribution in [2.24, 2.45) is 5.92 Å². The molecule has 250 valence electrons. The maximum Gasteiger partial charge on any atom is 0.159 e. The van der Waals surface area contributed by atoms with Crippen molar-refractivity contribution in [2.45, 2.75) is 57.5 Å². The van der Waals surface area contributed by atoms with E-state index in [9.17, 15) is 4.39 Å². The van der Waals surface area contributed by atoms with Crippen LogP contribution in [0.2, 0.25) is 0 Å². The van der Waals surface area contributed by atoms with Gasteiger partial charge in [-0.15, -0.1) is 0 Å². The summed E-state index contributed by atoms with van der Waals surface area (Å²) in [4.78, 5) is 11.0. The Labute approximate surface area is 284 Å². The lowest BCUT2D eigenvalue weighted by Gasteiger charge is -2.23. The summed E-state index contributed by atoms with van der Waals surface area (Å²) in [7, 11) is 0. The molecule has 8 nitrogen and oxygen atoms in total. The second-order valence-corrected chi connectivity index (χ2v) is 13.8. The van der Waals surface area contributed by atoms with Gasteiger partial charge in [-0.25, -0.2) is 9.37 Å². The summed E-state index contributed by atoms with van der Waals surface area (Å²) in [6.07, 6.45) is 22.3. The van der Waals surface area contributed by atoms with Crippen LogP contribution in [0.1, 0.15) is 51.4 Å². The van der Waals surface area contributed by atoms with Gasteiger partial charge in [0, 0.05) is 41.7 Å². The molecule has 2 saturated carbocycles. The molecular formula is C40H41FN6O2. The van der Waals surface area contributed by atoms with Crippen molar-refractivity contribution >= 4 is 22.7 Å². The molecule has 5 aliphatic rings. The number of hydrogen-bond donors (Lipinski definition) is 3. The zero-order valence-electron chi connectivity index (χ0n) is 27.6. The molecular weight excluding hydrogens is 615 g/mol. The molecule has 9 rings (SSSR count). The predicted molar refractivity (Wildman–Crippen MR) is 190 cm³/mol. The Kier molecular flexibility index (Phi) is 7.92. The van der Waals surface area contributed by atoms with Crippen LogP contribution in [0.5, 0.6) is 5.75 Å². The fourth-order valence-electron chi connectivity index (χ4n) is 7.90. The molecule has 0 radical (unpaired) electrons. The smallest absolute Gasteiger partial charge is 0.159 e. The number of para-hydroxylation sites is 1. The molecule has 0 bridgehead atoms. The average molecular weight is 657 g/mol. The van der Waals surface area contributed by atoms with Crippen LogP contribution in [0.25, 0.3) is 45.3 Å². The second-order valence-electron chi connectivity index (χ2n) is 13.8. The number of rotatable bonds is 9. The van der Waals surface area contributed by atoms with E-state index in [0.29, 0.717) is 30.2 Å². The Morgan fingerprint density at radius 3 is 2.80 bits per heavy atom. The number of fused-ring (bicyclic) bond motifs is 3. The van der Waals surface area contributed by atoms with Crippen LogP contribution in [-0.4, -0.2) is 57.4 Å². The molecule has 1 atom stereocenters. The molecule has 3 fully saturated rings. The van der Waals surface area contributed by atoms with Gasteiger partial charge in [-0.05, 0) is 117 Å². The lowest BCUT2D eigenvalue weighted by molar-refractivity contribution is 0.0900. The molecule has 2 aromatic carbocycles. The average Bonchev–Trinajstić information content (AvgIpc) is 3.38. The molecule has 3 aliphatic carbocycles. The number of nitrogens with one attached hydrogen (secondary N) is 3. The van der Waals surface area contributed by atoms with E-state index in [1.54, 1.807) is 6.07 Å². The number of halogens is 1. The molecule has 1 saturated heterocycles. The molecule has 3 N–H and O–H groups in total. The SMILES string of the molecule is Fc1cc(OCCN2CCCC2)cc(-c2cccc3[nH]c(-c4n[nH]c5c4=C4CC4C(C4=CNC=CC(OC6CCCCC6)=C4)=CC=5)nc23)c1. The number of nitrogens with zero attached hydrogens (tertiary/aromatic N) is 3. The number of H-pyrrole nitrogens is 2. The van der Waals surface area contributed by atoms with Crippen LogP contribution in [0.15, 0.2) is 83.9 Å². The minimum absolute atomic E-state index is 0.292. The maximum atomic E-state index is 14.9. The second kappa shape index (κ2) is 12.9. The van der Waals surface area contributed by atoms with Crippen molar-refractivity contribution in [3.63, 3.8) is 0 Å². The standard InChI is InChI=1S/C40H41FN6O2/c41-27-19-25(20-30(22-27)48-18-17-47-15-4-5-16-47)32-9-6-10-36-38(32)44-40(43-36)39-37-34-23-33(34)31(11-12-35(37)45-46-39)26-21-29(13-14-42-24-26)49-28-7-2-1-3-8-28/h6,9-14,19-22,24,28,33,42,45H,1-5,7-8,15-18,23H2,(H,43,44). The van der Waals surface area contributed by atoms with Gasteiger partial charge in [0.05, 0.1) is 22.5 Å². The zero-order chi connectivity index (χ0) is 32.7. The van der Waals surface area contributed by atoms with Gasteiger partial charge >= 0.3 is 0 Å². The summed E-state index contributed by atoms with van der Waals surface area (Å²) in [5.41, 5.74) is 7.78. The summed E-state index contributed by atoms with van der Waals surface area (Å²) in [5.74, 6) is 2.10. The number of benzene rings is 2. The number of aromatic nitrogens is 4. The first kappa shape index (κ1) is 30.2. The first-order chi connectivity index (χ1) is 24.2. The minimum atomic E-state index is -0.327. The third kappa shape index (κ3) is 6.12. The molecule has 2 aliphatic heterocycles. The first-order valence-corrected chi connectivity index (χ1v) is 17.8. The Morgan fingerprint density at radius 1 is 1.00 bits per heavy atom.